The van der Waals surface area contributed by atoms with Crippen molar-refractivity contribution in [1.29, 1.82) is 0 Å². The lowest BCUT2D eigenvalue weighted by Gasteiger charge is -2.15. The minimum absolute atomic E-state index is 0.0618. The van der Waals surface area contributed by atoms with E-state index >= 15 is 0 Å². The lowest BCUT2D eigenvalue weighted by atomic mass is 10.0. The van der Waals surface area contributed by atoms with Crippen LogP contribution in [0, 0.1) is 5.92 Å². The molecular weight excluding hydrogens is 300 g/mol. The molecule has 4 N–H and O–H groups in total. The van der Waals surface area contributed by atoms with Crippen LogP contribution in [0.2, 0.25) is 0 Å². The molecule has 5 nitrogen and oxygen atoms in total. The van der Waals surface area contributed by atoms with Crippen LogP contribution in [0.3, 0.4) is 0 Å². The Morgan fingerprint density at radius 1 is 1.17 bits per heavy atom. The van der Waals surface area contributed by atoms with Crippen LogP contribution in [0.5, 0.6) is 0 Å². The Balaban J connectivity index is 2.17. The Bertz CT molecular complexity index is 499. The Morgan fingerprint density at radius 2 is 1.88 bits per heavy atom. The Hall–Kier alpha value is -2.04. The second kappa shape index (κ2) is 11.5. The van der Waals surface area contributed by atoms with E-state index in [1.807, 2.05) is 30.3 Å². The molecule has 1 aromatic carbocycles. The fraction of sp³-hybridized carbons (Fsp3) is 0.579. The van der Waals surface area contributed by atoms with Gasteiger partial charge in [0.25, 0.3) is 0 Å². The third-order valence-electron chi connectivity index (χ3n) is 3.78. The summed E-state index contributed by atoms with van der Waals surface area (Å²) in [6, 6.07) is 10.3. The van der Waals surface area contributed by atoms with E-state index in [0.717, 1.165) is 18.8 Å². The fourth-order valence-corrected chi connectivity index (χ4v) is 2.41. The van der Waals surface area contributed by atoms with Crippen molar-refractivity contribution in [2.75, 3.05) is 13.1 Å². The number of carbonyl (C=O) groups is 1. The van der Waals surface area contributed by atoms with Crippen LogP contribution in [-0.4, -0.2) is 31.0 Å². The lowest BCUT2D eigenvalue weighted by molar-refractivity contribution is -0.119. The van der Waals surface area contributed by atoms with E-state index in [1.165, 1.54) is 18.4 Å². The van der Waals surface area contributed by atoms with Crippen LogP contribution in [0.4, 0.5) is 0 Å². The molecule has 1 aromatic rings. The van der Waals surface area contributed by atoms with Crippen LogP contribution in [0.25, 0.3) is 0 Å². The van der Waals surface area contributed by atoms with Gasteiger partial charge in [0.1, 0.15) is 6.54 Å². The molecule has 0 bridgehead atoms. The first kappa shape index (κ1) is 20.0. The number of hydrogen-bond acceptors (Lipinski definition) is 2. The lowest BCUT2D eigenvalue weighted by Crippen LogP contribution is -2.39. The Morgan fingerprint density at radius 3 is 2.54 bits per heavy atom. The molecule has 1 unspecified atom stereocenters. The molecule has 0 aliphatic carbocycles. The fourth-order valence-electron chi connectivity index (χ4n) is 2.41. The van der Waals surface area contributed by atoms with Crippen LogP contribution in [0.1, 0.15) is 45.6 Å². The maximum atomic E-state index is 11.8. The molecule has 134 valence electrons. The van der Waals surface area contributed by atoms with Gasteiger partial charge in [0, 0.05) is 12.6 Å². The topological polar surface area (TPSA) is 79.5 Å². The number of carbonyl (C=O) groups excluding carboxylic acids is 1. The average Bonchev–Trinajstić information content (AvgIpc) is 2.53. The summed E-state index contributed by atoms with van der Waals surface area (Å²) in [6.07, 6.45) is 4.25. The van der Waals surface area contributed by atoms with Gasteiger partial charge in [0.2, 0.25) is 5.91 Å². The zero-order valence-electron chi connectivity index (χ0n) is 15.2. The maximum Gasteiger partial charge on any atom is 0.241 e. The third-order valence-corrected chi connectivity index (χ3v) is 3.78. The molecular formula is C19H32N4O. The number of rotatable bonds is 10. The number of aliphatic imine (C=N–C) groups is 1. The Labute approximate surface area is 146 Å². The highest BCUT2D eigenvalue weighted by Crippen LogP contribution is 2.07. The first-order chi connectivity index (χ1) is 11.5. The standard InChI is InChI=1S/C19H32N4O/c1-15(2)8-7-9-16(3)23-19(20)22-14-18(24)21-13-12-17-10-5-4-6-11-17/h4-6,10-11,15-16H,7-9,12-14H2,1-3H3,(H,21,24)(H3,20,22,23). The summed E-state index contributed by atoms with van der Waals surface area (Å²) in [4.78, 5) is 15.9. The molecule has 0 fully saturated rings. The highest BCUT2D eigenvalue weighted by Gasteiger charge is 2.05. The van der Waals surface area contributed by atoms with Crippen molar-refractivity contribution < 1.29 is 4.79 Å². The van der Waals surface area contributed by atoms with Crippen LogP contribution in [-0.2, 0) is 11.2 Å². The zero-order chi connectivity index (χ0) is 17.8. The highest BCUT2D eigenvalue weighted by molar-refractivity contribution is 5.84. The number of amides is 1. The minimum Gasteiger partial charge on any atom is -0.370 e. The molecule has 5 heteroatoms. The summed E-state index contributed by atoms with van der Waals surface area (Å²) >= 11 is 0. The van der Waals surface area contributed by atoms with E-state index in [2.05, 4.69) is 36.4 Å². The van der Waals surface area contributed by atoms with Crippen molar-refractivity contribution in [2.45, 2.75) is 52.5 Å². The van der Waals surface area contributed by atoms with Gasteiger partial charge in [0.05, 0.1) is 0 Å². The number of hydrogen-bond donors (Lipinski definition) is 3. The van der Waals surface area contributed by atoms with Crippen molar-refractivity contribution in [3.8, 4) is 0 Å². The smallest absolute Gasteiger partial charge is 0.241 e. The molecule has 0 heterocycles. The molecule has 0 aliphatic rings. The molecule has 24 heavy (non-hydrogen) atoms. The van der Waals surface area contributed by atoms with Gasteiger partial charge in [-0.05, 0) is 31.2 Å². The largest absolute Gasteiger partial charge is 0.370 e. The van der Waals surface area contributed by atoms with Gasteiger partial charge in [-0.1, -0.05) is 57.0 Å². The van der Waals surface area contributed by atoms with Gasteiger partial charge < -0.3 is 16.4 Å². The van der Waals surface area contributed by atoms with Crippen LogP contribution < -0.4 is 16.4 Å². The van der Waals surface area contributed by atoms with Crippen molar-refractivity contribution in [3.05, 3.63) is 35.9 Å². The minimum atomic E-state index is -0.108. The Kier molecular flexibility index (Phi) is 9.58. The first-order valence-electron chi connectivity index (χ1n) is 8.84. The molecule has 1 rings (SSSR count). The van der Waals surface area contributed by atoms with Gasteiger partial charge in [-0.15, -0.1) is 0 Å². The molecule has 0 aromatic heterocycles. The molecule has 0 saturated carbocycles. The van der Waals surface area contributed by atoms with Gasteiger partial charge in [-0.3, -0.25) is 4.79 Å². The summed E-state index contributed by atoms with van der Waals surface area (Å²) in [5, 5.41) is 6.00. The van der Waals surface area contributed by atoms with E-state index in [9.17, 15) is 4.79 Å². The molecule has 1 atom stereocenters. The van der Waals surface area contributed by atoms with Crippen molar-refractivity contribution in [1.82, 2.24) is 10.6 Å². The van der Waals surface area contributed by atoms with Gasteiger partial charge in [-0.2, -0.15) is 0 Å². The second-order valence-electron chi connectivity index (χ2n) is 6.66. The number of guanidine groups is 1. The maximum absolute atomic E-state index is 11.8. The van der Waals surface area contributed by atoms with Gasteiger partial charge in [-0.25, -0.2) is 4.99 Å². The molecule has 0 radical (unpaired) electrons. The van der Waals surface area contributed by atoms with E-state index in [4.69, 9.17) is 5.73 Å². The number of nitrogens with zero attached hydrogens (tertiary/aromatic N) is 1. The van der Waals surface area contributed by atoms with E-state index in [-0.39, 0.29) is 18.5 Å². The van der Waals surface area contributed by atoms with Crippen molar-refractivity contribution >= 4 is 11.9 Å². The monoisotopic (exact) mass is 332 g/mol. The van der Waals surface area contributed by atoms with Crippen molar-refractivity contribution in [3.63, 3.8) is 0 Å². The predicted molar refractivity (Wildman–Crippen MR) is 101 cm³/mol. The number of benzene rings is 1. The zero-order valence-corrected chi connectivity index (χ0v) is 15.2. The third kappa shape index (κ3) is 9.87. The van der Waals surface area contributed by atoms with E-state index in [0.29, 0.717) is 12.5 Å². The second-order valence-corrected chi connectivity index (χ2v) is 6.66. The summed E-state index contributed by atoms with van der Waals surface area (Å²) in [6.45, 7) is 7.21. The predicted octanol–water partition coefficient (Wildman–Crippen LogP) is 2.46. The summed E-state index contributed by atoms with van der Waals surface area (Å²) < 4.78 is 0. The van der Waals surface area contributed by atoms with Crippen molar-refractivity contribution in [2.24, 2.45) is 16.6 Å². The number of nitrogens with one attached hydrogen (secondary N) is 2. The SMILES string of the molecule is CC(C)CCCC(C)NC(N)=NCC(=O)NCCc1ccccc1. The summed E-state index contributed by atoms with van der Waals surface area (Å²) in [5.74, 6) is 0.955. The van der Waals surface area contributed by atoms with Crippen LogP contribution in [0.15, 0.2) is 35.3 Å². The molecule has 0 aliphatic heterocycles. The molecule has 0 spiro atoms. The number of nitrogens with two attached hydrogens (primary N) is 1. The van der Waals surface area contributed by atoms with Crippen LogP contribution >= 0.6 is 0 Å². The first-order valence-corrected chi connectivity index (χ1v) is 8.84. The van der Waals surface area contributed by atoms with Gasteiger partial charge in [0.15, 0.2) is 5.96 Å². The highest BCUT2D eigenvalue weighted by atomic mass is 16.1. The quantitative estimate of drug-likeness (QED) is 0.455. The summed E-state index contributed by atoms with van der Waals surface area (Å²) in [5.41, 5.74) is 7.04. The van der Waals surface area contributed by atoms with Gasteiger partial charge >= 0.3 is 0 Å². The van der Waals surface area contributed by atoms with E-state index in [1.54, 1.807) is 0 Å². The normalized spacial score (nSPS) is 12.9. The molecule has 0 saturated heterocycles. The van der Waals surface area contributed by atoms with E-state index < -0.39 is 0 Å². The molecule has 1 amide bonds. The summed E-state index contributed by atoms with van der Waals surface area (Å²) in [7, 11) is 0. The average molecular weight is 332 g/mol.